The maximum absolute atomic E-state index is 11.6. The van der Waals surface area contributed by atoms with Crippen molar-refractivity contribution in [3.8, 4) is 0 Å². The van der Waals surface area contributed by atoms with E-state index in [4.69, 9.17) is 10.5 Å². The van der Waals surface area contributed by atoms with Gasteiger partial charge in [-0.15, -0.1) is 0 Å². The molecule has 5 N–H and O–H groups in total. The average molecular weight is 348 g/mol. The first-order valence-electron chi connectivity index (χ1n) is 8.01. The van der Waals surface area contributed by atoms with Crippen LogP contribution in [0.1, 0.15) is 38.9 Å². The summed E-state index contributed by atoms with van der Waals surface area (Å²) < 4.78 is 5.11. The molecule has 0 aliphatic rings. The Balaban J connectivity index is 2.02. The molecular formula is C17H24N4O4. The first-order valence-corrected chi connectivity index (χ1v) is 8.01. The van der Waals surface area contributed by atoms with Crippen LogP contribution in [-0.4, -0.2) is 44.5 Å². The summed E-state index contributed by atoms with van der Waals surface area (Å²) in [5, 5.41) is 23.3. The van der Waals surface area contributed by atoms with Crippen LogP contribution in [0, 0.1) is 0 Å². The summed E-state index contributed by atoms with van der Waals surface area (Å²) in [5.74, 6) is 0. The number of hydrogen-bond donors (Lipinski definition) is 4. The molecule has 0 saturated carbocycles. The summed E-state index contributed by atoms with van der Waals surface area (Å²) >= 11 is 0. The molecule has 2 atom stereocenters. The van der Waals surface area contributed by atoms with E-state index in [2.05, 4.69) is 15.3 Å². The monoisotopic (exact) mass is 348 g/mol. The highest BCUT2D eigenvalue weighted by atomic mass is 16.6. The molecule has 0 saturated heterocycles. The number of anilines is 1. The van der Waals surface area contributed by atoms with E-state index in [-0.39, 0.29) is 13.0 Å². The van der Waals surface area contributed by atoms with Crippen molar-refractivity contribution >= 4 is 22.8 Å². The number of nitrogens with two attached hydrogens (primary N) is 1. The van der Waals surface area contributed by atoms with E-state index in [1.807, 2.05) is 0 Å². The van der Waals surface area contributed by atoms with Gasteiger partial charge in [-0.05, 0) is 39.3 Å². The van der Waals surface area contributed by atoms with Crippen molar-refractivity contribution in [2.45, 2.75) is 45.0 Å². The number of aromatic nitrogens is 2. The Kier molecular flexibility index (Phi) is 5.76. The Morgan fingerprint density at radius 1 is 1.28 bits per heavy atom. The standard InChI is InChI=1S/C17H24N4O4/c1-17(2,3)25-16(24)21-7-6-12(22)15(23)13-10(18)4-5-11-14(13)20-9-8-19-11/h4-5,8-9,12,15,22-23H,6-7,18H2,1-3H3,(H,21,24). The maximum Gasteiger partial charge on any atom is 0.407 e. The molecule has 0 radical (unpaired) electrons. The van der Waals surface area contributed by atoms with Gasteiger partial charge in [0.2, 0.25) is 0 Å². The third-order valence-corrected chi connectivity index (χ3v) is 3.48. The lowest BCUT2D eigenvalue weighted by Crippen LogP contribution is -2.34. The summed E-state index contributed by atoms with van der Waals surface area (Å²) in [7, 11) is 0. The highest BCUT2D eigenvalue weighted by molar-refractivity contribution is 5.83. The van der Waals surface area contributed by atoms with Crippen molar-refractivity contribution in [1.82, 2.24) is 15.3 Å². The van der Waals surface area contributed by atoms with Gasteiger partial charge in [-0.1, -0.05) is 0 Å². The molecular weight excluding hydrogens is 324 g/mol. The molecule has 0 bridgehead atoms. The van der Waals surface area contributed by atoms with Gasteiger partial charge in [0.15, 0.2) is 0 Å². The molecule has 8 heteroatoms. The summed E-state index contributed by atoms with van der Waals surface area (Å²) in [6.07, 6.45) is 0.191. The smallest absolute Gasteiger partial charge is 0.407 e. The Morgan fingerprint density at radius 2 is 1.96 bits per heavy atom. The Bertz CT molecular complexity index is 745. The fourth-order valence-electron chi connectivity index (χ4n) is 2.37. The zero-order valence-electron chi connectivity index (χ0n) is 14.6. The topological polar surface area (TPSA) is 131 Å². The number of carbonyl (C=O) groups excluding carboxylic acids is 1. The molecule has 25 heavy (non-hydrogen) atoms. The van der Waals surface area contributed by atoms with Crippen LogP contribution in [0.25, 0.3) is 11.0 Å². The van der Waals surface area contributed by atoms with E-state index in [1.165, 1.54) is 12.4 Å². The lowest BCUT2D eigenvalue weighted by Gasteiger charge is -2.22. The molecule has 0 fully saturated rings. The third kappa shape index (κ3) is 5.01. The van der Waals surface area contributed by atoms with Crippen molar-refractivity contribution in [2.75, 3.05) is 12.3 Å². The van der Waals surface area contributed by atoms with Crippen LogP contribution in [-0.2, 0) is 4.74 Å². The number of aliphatic hydroxyl groups excluding tert-OH is 2. The normalized spacial score (nSPS) is 14.1. The Labute approximate surface area is 146 Å². The van der Waals surface area contributed by atoms with E-state index >= 15 is 0 Å². The zero-order valence-corrected chi connectivity index (χ0v) is 14.6. The van der Waals surface area contributed by atoms with Crippen LogP contribution in [0.5, 0.6) is 0 Å². The molecule has 2 aromatic rings. The number of fused-ring (bicyclic) bond motifs is 1. The van der Waals surface area contributed by atoms with Crippen LogP contribution in [0.3, 0.4) is 0 Å². The van der Waals surface area contributed by atoms with Crippen molar-refractivity contribution in [3.05, 3.63) is 30.1 Å². The minimum atomic E-state index is -1.25. The molecule has 0 aliphatic carbocycles. The molecule has 1 amide bonds. The largest absolute Gasteiger partial charge is 0.444 e. The van der Waals surface area contributed by atoms with Crippen LogP contribution in [0.4, 0.5) is 10.5 Å². The number of aliphatic hydroxyl groups is 2. The second-order valence-corrected chi connectivity index (χ2v) is 6.72. The molecule has 1 heterocycles. The minimum Gasteiger partial charge on any atom is -0.444 e. The molecule has 1 aromatic carbocycles. The Hall–Kier alpha value is -2.45. The van der Waals surface area contributed by atoms with Gasteiger partial charge in [0.25, 0.3) is 0 Å². The van der Waals surface area contributed by atoms with Crippen LogP contribution >= 0.6 is 0 Å². The molecule has 2 unspecified atom stereocenters. The summed E-state index contributed by atoms with van der Waals surface area (Å²) in [6.45, 7) is 5.42. The summed E-state index contributed by atoms with van der Waals surface area (Å²) in [6, 6.07) is 3.31. The number of amides is 1. The van der Waals surface area contributed by atoms with Crippen molar-refractivity contribution in [2.24, 2.45) is 0 Å². The predicted octanol–water partition coefficient (Wildman–Crippen LogP) is 1.52. The lowest BCUT2D eigenvalue weighted by atomic mass is 9.98. The Morgan fingerprint density at radius 3 is 2.64 bits per heavy atom. The number of hydrogen-bond acceptors (Lipinski definition) is 7. The number of nitrogen functional groups attached to an aromatic ring is 1. The minimum absolute atomic E-state index is 0.122. The molecule has 0 aliphatic heterocycles. The molecule has 8 nitrogen and oxygen atoms in total. The fraction of sp³-hybridized carbons (Fsp3) is 0.471. The van der Waals surface area contributed by atoms with Crippen molar-refractivity contribution < 1.29 is 19.7 Å². The molecule has 0 spiro atoms. The molecule has 1 aromatic heterocycles. The van der Waals surface area contributed by atoms with Crippen LogP contribution < -0.4 is 11.1 Å². The third-order valence-electron chi connectivity index (χ3n) is 3.48. The quantitative estimate of drug-likeness (QED) is 0.603. The lowest BCUT2D eigenvalue weighted by molar-refractivity contribution is 0.0134. The number of ether oxygens (including phenoxy) is 1. The van der Waals surface area contributed by atoms with Crippen molar-refractivity contribution in [3.63, 3.8) is 0 Å². The van der Waals surface area contributed by atoms with E-state index in [0.29, 0.717) is 22.3 Å². The van der Waals surface area contributed by atoms with Gasteiger partial charge in [-0.2, -0.15) is 0 Å². The highest BCUT2D eigenvalue weighted by Crippen LogP contribution is 2.30. The van der Waals surface area contributed by atoms with E-state index < -0.39 is 23.9 Å². The number of alkyl carbamates (subject to hydrolysis) is 1. The number of rotatable bonds is 5. The van der Waals surface area contributed by atoms with Gasteiger partial charge < -0.3 is 26.0 Å². The SMILES string of the molecule is CC(C)(C)OC(=O)NCCC(O)C(O)c1c(N)ccc2nccnc12. The zero-order chi connectivity index (χ0) is 18.6. The number of nitrogens with one attached hydrogen (secondary N) is 1. The van der Waals surface area contributed by atoms with E-state index in [0.717, 1.165) is 0 Å². The molecule has 2 rings (SSSR count). The van der Waals surface area contributed by atoms with Gasteiger partial charge >= 0.3 is 6.09 Å². The average Bonchev–Trinajstić information content (AvgIpc) is 2.52. The van der Waals surface area contributed by atoms with Crippen LogP contribution in [0.15, 0.2) is 24.5 Å². The maximum atomic E-state index is 11.6. The van der Waals surface area contributed by atoms with Crippen molar-refractivity contribution in [1.29, 1.82) is 0 Å². The van der Waals surface area contributed by atoms with Gasteiger partial charge in [-0.25, -0.2) is 4.79 Å². The van der Waals surface area contributed by atoms with Gasteiger partial charge in [0, 0.05) is 30.2 Å². The second-order valence-electron chi connectivity index (χ2n) is 6.72. The fourth-order valence-corrected chi connectivity index (χ4v) is 2.37. The number of benzene rings is 1. The molecule has 136 valence electrons. The van der Waals surface area contributed by atoms with Gasteiger partial charge in [-0.3, -0.25) is 9.97 Å². The summed E-state index contributed by atoms with van der Waals surface area (Å²) in [5.41, 5.74) is 7.01. The first-order chi connectivity index (χ1) is 11.7. The van der Waals surface area contributed by atoms with Crippen LogP contribution in [0.2, 0.25) is 0 Å². The van der Waals surface area contributed by atoms with E-state index in [9.17, 15) is 15.0 Å². The van der Waals surface area contributed by atoms with Gasteiger partial charge in [0.05, 0.1) is 17.1 Å². The highest BCUT2D eigenvalue weighted by Gasteiger charge is 2.24. The first kappa shape index (κ1) is 18.9. The predicted molar refractivity (Wildman–Crippen MR) is 93.8 cm³/mol. The second kappa shape index (κ2) is 7.62. The number of nitrogens with zero attached hydrogens (tertiary/aromatic N) is 2. The number of carbonyl (C=O) groups is 1. The van der Waals surface area contributed by atoms with E-state index in [1.54, 1.807) is 32.9 Å². The van der Waals surface area contributed by atoms with Gasteiger partial charge in [0.1, 0.15) is 11.7 Å². The summed E-state index contributed by atoms with van der Waals surface area (Å²) in [4.78, 5) is 19.9.